The molecule has 0 spiro atoms. The number of aromatic hydroxyl groups is 1. The Morgan fingerprint density at radius 1 is 0.971 bits per heavy atom. The summed E-state index contributed by atoms with van der Waals surface area (Å²) in [4.78, 5) is 14.4. The van der Waals surface area contributed by atoms with Gasteiger partial charge in [-0.1, -0.05) is 18.2 Å². The Bertz CT molecular complexity index is 1480. The number of fused-ring (bicyclic) bond motifs is 1. The zero-order valence-electron chi connectivity index (χ0n) is 18.1. The molecule has 35 heavy (non-hydrogen) atoms. The second kappa shape index (κ2) is 9.26. The molecule has 2 aromatic carbocycles. The molecule has 178 valence electrons. The minimum Gasteiger partial charge on any atom is -0.508 e. The number of phenolic OH excluding ortho intramolecular Hbond substituents is 1. The Kier molecular flexibility index (Phi) is 6.00. The third kappa shape index (κ3) is 4.90. The first kappa shape index (κ1) is 22.7. The number of thiazole rings is 1. The number of imidazole rings is 1. The standard InChI is InChI=1S/C24H19F3N6OS/c25-24(26,27)16-4-2-5-17(14-16)28-9-10-30-22-29-8-7-19(31-22)21-20(15-3-1-6-18(34)13-15)32-23-33(21)11-12-35-23/h1-8,11-14,28,34H,9-10H2,(H,29,30,31). The first-order chi connectivity index (χ1) is 16.9. The van der Waals surface area contributed by atoms with E-state index in [2.05, 4.69) is 20.6 Å². The Balaban J connectivity index is 1.33. The zero-order valence-corrected chi connectivity index (χ0v) is 18.9. The Labute approximate surface area is 202 Å². The number of alkyl halides is 3. The van der Waals surface area contributed by atoms with Crippen molar-refractivity contribution in [3.63, 3.8) is 0 Å². The molecule has 0 saturated carbocycles. The van der Waals surface area contributed by atoms with E-state index in [9.17, 15) is 18.3 Å². The van der Waals surface area contributed by atoms with Gasteiger partial charge in [-0.3, -0.25) is 4.40 Å². The third-order valence-corrected chi connectivity index (χ3v) is 5.96. The Morgan fingerprint density at radius 2 is 1.80 bits per heavy atom. The molecule has 5 rings (SSSR count). The number of nitrogens with one attached hydrogen (secondary N) is 2. The molecule has 3 heterocycles. The molecule has 0 fully saturated rings. The number of benzene rings is 2. The molecule has 7 nitrogen and oxygen atoms in total. The van der Waals surface area contributed by atoms with Gasteiger partial charge in [0.15, 0.2) is 4.96 Å². The van der Waals surface area contributed by atoms with Crippen LogP contribution in [0.5, 0.6) is 5.75 Å². The minimum absolute atomic E-state index is 0.142. The first-order valence-corrected chi connectivity index (χ1v) is 11.5. The molecule has 0 atom stereocenters. The summed E-state index contributed by atoms with van der Waals surface area (Å²) in [6.45, 7) is 0.754. The van der Waals surface area contributed by atoms with Crippen LogP contribution in [-0.4, -0.2) is 37.5 Å². The molecule has 0 unspecified atom stereocenters. The van der Waals surface area contributed by atoms with Gasteiger partial charge in [-0.15, -0.1) is 11.3 Å². The summed E-state index contributed by atoms with van der Waals surface area (Å²) >= 11 is 1.49. The summed E-state index contributed by atoms with van der Waals surface area (Å²) < 4.78 is 40.6. The Hall–Kier alpha value is -4.12. The molecule has 3 aromatic heterocycles. The summed E-state index contributed by atoms with van der Waals surface area (Å²) in [5, 5.41) is 17.9. The highest BCUT2D eigenvalue weighted by molar-refractivity contribution is 7.15. The molecule has 0 amide bonds. The second-order valence-electron chi connectivity index (χ2n) is 7.61. The zero-order chi connectivity index (χ0) is 24.4. The van der Waals surface area contributed by atoms with Crippen LogP contribution < -0.4 is 10.6 Å². The lowest BCUT2D eigenvalue weighted by molar-refractivity contribution is -0.137. The van der Waals surface area contributed by atoms with Crippen molar-refractivity contribution in [2.75, 3.05) is 23.7 Å². The minimum atomic E-state index is -4.39. The van der Waals surface area contributed by atoms with E-state index in [1.54, 1.807) is 36.5 Å². The van der Waals surface area contributed by atoms with Crippen molar-refractivity contribution in [3.05, 3.63) is 77.9 Å². The van der Waals surface area contributed by atoms with E-state index in [-0.39, 0.29) is 5.75 Å². The number of halogens is 3. The first-order valence-electron chi connectivity index (χ1n) is 10.6. The van der Waals surface area contributed by atoms with E-state index < -0.39 is 11.7 Å². The van der Waals surface area contributed by atoms with Crippen LogP contribution in [0, 0.1) is 0 Å². The molecule has 11 heteroatoms. The van der Waals surface area contributed by atoms with Crippen LogP contribution in [0.2, 0.25) is 0 Å². The van der Waals surface area contributed by atoms with Gasteiger partial charge in [0, 0.05) is 42.1 Å². The molecule has 0 saturated heterocycles. The third-order valence-electron chi connectivity index (χ3n) is 5.21. The maximum Gasteiger partial charge on any atom is 0.416 e. The molecule has 3 N–H and O–H groups in total. The fourth-order valence-electron chi connectivity index (χ4n) is 3.65. The average Bonchev–Trinajstić information content (AvgIpc) is 3.43. The van der Waals surface area contributed by atoms with Gasteiger partial charge in [-0.05, 0) is 36.4 Å². The summed E-state index contributed by atoms with van der Waals surface area (Å²) in [5.74, 6) is 0.517. The van der Waals surface area contributed by atoms with Crippen molar-refractivity contribution >= 4 is 27.9 Å². The number of rotatable bonds is 7. The van der Waals surface area contributed by atoms with E-state index in [1.807, 2.05) is 22.0 Å². The van der Waals surface area contributed by atoms with Gasteiger partial charge >= 0.3 is 6.18 Å². The van der Waals surface area contributed by atoms with Gasteiger partial charge in [-0.2, -0.15) is 13.2 Å². The van der Waals surface area contributed by atoms with E-state index in [1.165, 1.54) is 17.4 Å². The lowest BCUT2D eigenvalue weighted by atomic mass is 10.1. The van der Waals surface area contributed by atoms with Crippen LogP contribution in [0.15, 0.2) is 72.4 Å². The molecule has 0 radical (unpaired) electrons. The van der Waals surface area contributed by atoms with Crippen molar-refractivity contribution < 1.29 is 18.3 Å². The van der Waals surface area contributed by atoms with Gasteiger partial charge < -0.3 is 15.7 Å². The monoisotopic (exact) mass is 496 g/mol. The molecule has 0 bridgehead atoms. The van der Waals surface area contributed by atoms with Gasteiger partial charge in [0.25, 0.3) is 0 Å². The van der Waals surface area contributed by atoms with Crippen LogP contribution in [0.4, 0.5) is 24.8 Å². The van der Waals surface area contributed by atoms with Gasteiger partial charge in [0.1, 0.15) is 11.4 Å². The SMILES string of the molecule is Oc1cccc(-c2nc3sccn3c2-c2ccnc(NCCNc3cccc(C(F)(F)F)c3)n2)c1. The highest BCUT2D eigenvalue weighted by Crippen LogP contribution is 2.35. The number of nitrogens with zero attached hydrogens (tertiary/aromatic N) is 4. The molecule has 0 aliphatic heterocycles. The number of anilines is 2. The lowest BCUT2D eigenvalue weighted by Gasteiger charge is -2.11. The predicted octanol–water partition coefficient (Wildman–Crippen LogP) is 5.77. The number of phenols is 1. The van der Waals surface area contributed by atoms with Gasteiger partial charge in [0.05, 0.1) is 17.0 Å². The molecular weight excluding hydrogens is 477 g/mol. The van der Waals surface area contributed by atoms with E-state index in [0.717, 1.165) is 28.4 Å². The van der Waals surface area contributed by atoms with Crippen molar-refractivity contribution in [1.82, 2.24) is 19.4 Å². The number of hydrogen-bond acceptors (Lipinski definition) is 7. The summed E-state index contributed by atoms with van der Waals surface area (Å²) in [6, 6.07) is 13.7. The highest BCUT2D eigenvalue weighted by atomic mass is 32.1. The fraction of sp³-hybridized carbons (Fsp3) is 0.125. The second-order valence-corrected chi connectivity index (χ2v) is 8.49. The predicted molar refractivity (Wildman–Crippen MR) is 130 cm³/mol. The largest absolute Gasteiger partial charge is 0.508 e. The molecule has 0 aliphatic carbocycles. The summed E-state index contributed by atoms with van der Waals surface area (Å²) in [6.07, 6.45) is -0.852. The maximum absolute atomic E-state index is 12.9. The molecular formula is C24H19F3N6OS. The van der Waals surface area contributed by atoms with Crippen molar-refractivity contribution in [3.8, 4) is 28.4 Å². The average molecular weight is 497 g/mol. The van der Waals surface area contributed by atoms with E-state index in [0.29, 0.717) is 36.1 Å². The topological polar surface area (TPSA) is 87.4 Å². The van der Waals surface area contributed by atoms with Gasteiger partial charge in [0.2, 0.25) is 5.95 Å². The lowest BCUT2D eigenvalue weighted by Crippen LogP contribution is -2.15. The van der Waals surface area contributed by atoms with Crippen molar-refractivity contribution in [2.24, 2.45) is 0 Å². The van der Waals surface area contributed by atoms with Crippen LogP contribution in [0.1, 0.15) is 5.56 Å². The summed E-state index contributed by atoms with van der Waals surface area (Å²) in [7, 11) is 0. The normalized spacial score (nSPS) is 11.6. The number of aromatic nitrogens is 4. The van der Waals surface area contributed by atoms with Crippen LogP contribution in [0.25, 0.3) is 27.6 Å². The van der Waals surface area contributed by atoms with Crippen molar-refractivity contribution in [2.45, 2.75) is 6.18 Å². The number of hydrogen-bond donors (Lipinski definition) is 3. The molecule has 0 aliphatic rings. The Morgan fingerprint density at radius 3 is 2.63 bits per heavy atom. The van der Waals surface area contributed by atoms with Crippen LogP contribution in [0.3, 0.4) is 0 Å². The molecule has 5 aromatic rings. The smallest absolute Gasteiger partial charge is 0.416 e. The van der Waals surface area contributed by atoms with E-state index >= 15 is 0 Å². The highest BCUT2D eigenvalue weighted by Gasteiger charge is 2.30. The van der Waals surface area contributed by atoms with E-state index in [4.69, 9.17) is 4.98 Å². The van der Waals surface area contributed by atoms with Gasteiger partial charge in [-0.25, -0.2) is 15.0 Å². The summed E-state index contributed by atoms with van der Waals surface area (Å²) in [5.41, 5.74) is 2.52. The van der Waals surface area contributed by atoms with Crippen LogP contribution >= 0.6 is 11.3 Å². The maximum atomic E-state index is 12.9. The fourth-order valence-corrected chi connectivity index (χ4v) is 4.36. The quantitative estimate of drug-likeness (QED) is 0.248. The van der Waals surface area contributed by atoms with Crippen molar-refractivity contribution in [1.29, 1.82) is 0 Å². The van der Waals surface area contributed by atoms with Crippen LogP contribution in [-0.2, 0) is 6.18 Å².